The van der Waals surface area contributed by atoms with Crippen molar-refractivity contribution in [2.24, 2.45) is 0 Å². The van der Waals surface area contributed by atoms with Crippen LogP contribution in [0.15, 0.2) is 25.8 Å². The van der Waals surface area contributed by atoms with Gasteiger partial charge >= 0.3 is 5.97 Å². The summed E-state index contributed by atoms with van der Waals surface area (Å²) in [6.07, 6.45) is 1.53. The molecule has 0 rings (SSSR count). The molecule has 0 N–H and O–H groups in total. The lowest BCUT2D eigenvalue weighted by molar-refractivity contribution is -0.139. The van der Waals surface area contributed by atoms with Gasteiger partial charge in [0.1, 0.15) is 6.61 Å². The number of carbonyl (C=O) groups is 1. The maximum absolute atomic E-state index is 9.93. The number of carbonyl (C=O) groups excluding carboxylic acids is 1. The molecule has 9 heavy (non-hydrogen) atoms. The van der Waals surface area contributed by atoms with E-state index in [1.54, 1.807) is 0 Å². The number of esters is 1. The van der Waals surface area contributed by atoms with E-state index >= 15 is 0 Å². The Balaban J connectivity index is 0. The molecule has 0 aliphatic rings. The van der Waals surface area contributed by atoms with Crippen LogP contribution in [-0.4, -0.2) is 12.6 Å². The van der Waals surface area contributed by atoms with Crippen LogP contribution in [0.4, 0.5) is 0 Å². The molecule has 0 atom stereocenters. The minimum Gasteiger partial charge on any atom is -0.462 e. The highest BCUT2D eigenvalue weighted by molar-refractivity contribution is 5.65. The van der Waals surface area contributed by atoms with Gasteiger partial charge in [-0.3, -0.25) is 4.79 Å². The van der Waals surface area contributed by atoms with Gasteiger partial charge in [0.25, 0.3) is 0 Å². The second-order valence-corrected chi connectivity index (χ2v) is 1.09. The van der Waals surface area contributed by atoms with E-state index in [-0.39, 0.29) is 5.97 Å². The molecule has 2 heteroatoms. The fourth-order valence-corrected chi connectivity index (χ4v) is 0.176. The number of hydrogen-bond donors (Lipinski definition) is 0. The SMILES string of the molecule is C=C.C=CCOC(C)=O. The average Bonchev–Trinajstić information content (AvgIpc) is 1.88. The van der Waals surface area contributed by atoms with Crippen LogP contribution in [0.1, 0.15) is 6.92 Å². The predicted octanol–water partition coefficient (Wildman–Crippen LogP) is 1.54. The average molecular weight is 128 g/mol. The van der Waals surface area contributed by atoms with Crippen LogP contribution in [0.2, 0.25) is 0 Å². The van der Waals surface area contributed by atoms with E-state index in [9.17, 15) is 4.79 Å². The molecule has 0 saturated carbocycles. The molecule has 2 nitrogen and oxygen atoms in total. The van der Waals surface area contributed by atoms with Crippen molar-refractivity contribution in [3.63, 3.8) is 0 Å². The van der Waals surface area contributed by atoms with Gasteiger partial charge in [-0.2, -0.15) is 0 Å². The molecule has 0 aromatic heterocycles. The van der Waals surface area contributed by atoms with Crippen molar-refractivity contribution in [3.05, 3.63) is 25.8 Å². The maximum atomic E-state index is 9.93. The predicted molar refractivity (Wildman–Crippen MR) is 38.1 cm³/mol. The highest BCUT2D eigenvalue weighted by Gasteiger charge is 1.83. The van der Waals surface area contributed by atoms with E-state index in [0.29, 0.717) is 6.61 Å². The summed E-state index contributed by atoms with van der Waals surface area (Å²) in [7, 11) is 0. The largest absolute Gasteiger partial charge is 0.462 e. The zero-order valence-electron chi connectivity index (χ0n) is 5.72. The minimum absolute atomic E-state index is 0.264. The Hall–Kier alpha value is -1.05. The van der Waals surface area contributed by atoms with Gasteiger partial charge in [0.2, 0.25) is 0 Å². The number of hydrogen-bond acceptors (Lipinski definition) is 2. The summed E-state index contributed by atoms with van der Waals surface area (Å²) in [5, 5.41) is 0. The van der Waals surface area contributed by atoms with Gasteiger partial charge in [0, 0.05) is 6.92 Å². The molecule has 0 unspecified atom stereocenters. The molecule has 0 bridgehead atoms. The van der Waals surface area contributed by atoms with E-state index in [2.05, 4.69) is 24.5 Å². The zero-order valence-corrected chi connectivity index (χ0v) is 5.72. The van der Waals surface area contributed by atoms with Crippen LogP contribution in [0, 0.1) is 0 Å². The van der Waals surface area contributed by atoms with Gasteiger partial charge in [0.15, 0.2) is 0 Å². The zero-order chi connectivity index (χ0) is 7.70. The maximum Gasteiger partial charge on any atom is 0.302 e. The fourth-order valence-electron chi connectivity index (χ4n) is 0.176. The Bertz CT molecular complexity index is 86.9. The number of ether oxygens (including phenoxy) is 1. The molecule has 0 fully saturated rings. The lowest BCUT2D eigenvalue weighted by Crippen LogP contribution is -1.96. The molecule has 0 aliphatic heterocycles. The Morgan fingerprint density at radius 3 is 2.22 bits per heavy atom. The highest BCUT2D eigenvalue weighted by Crippen LogP contribution is 1.73. The third-order valence-corrected chi connectivity index (χ3v) is 0.404. The van der Waals surface area contributed by atoms with Crippen molar-refractivity contribution < 1.29 is 9.53 Å². The normalized spacial score (nSPS) is 6.33. The summed E-state index contributed by atoms with van der Waals surface area (Å²) < 4.78 is 4.43. The molecule has 0 aliphatic carbocycles. The van der Waals surface area contributed by atoms with Crippen LogP contribution in [-0.2, 0) is 9.53 Å². The summed E-state index contributed by atoms with van der Waals surface area (Å²) in [6, 6.07) is 0. The molecule has 0 radical (unpaired) electrons. The molecule has 0 aromatic carbocycles. The third-order valence-electron chi connectivity index (χ3n) is 0.404. The van der Waals surface area contributed by atoms with Gasteiger partial charge in [-0.15, -0.1) is 13.2 Å². The third kappa shape index (κ3) is 19.6. The standard InChI is InChI=1S/C5H8O2.C2H4/c1-3-4-7-5(2)6;1-2/h3H,1,4H2,2H3;1-2H2. The van der Waals surface area contributed by atoms with Crippen molar-refractivity contribution >= 4 is 5.97 Å². The molecule has 0 saturated heterocycles. The first kappa shape index (κ1) is 10.8. The first-order chi connectivity index (χ1) is 4.27. The molecule has 0 heterocycles. The minimum atomic E-state index is -0.264. The lowest BCUT2D eigenvalue weighted by atomic mass is 10.7. The monoisotopic (exact) mass is 128 g/mol. The lowest BCUT2D eigenvalue weighted by Gasteiger charge is -1.90. The van der Waals surface area contributed by atoms with Gasteiger partial charge < -0.3 is 4.74 Å². The summed E-state index contributed by atoms with van der Waals surface area (Å²) in [5.74, 6) is -0.264. The Morgan fingerprint density at radius 2 is 2.11 bits per heavy atom. The van der Waals surface area contributed by atoms with Gasteiger partial charge in [-0.25, -0.2) is 0 Å². The van der Waals surface area contributed by atoms with E-state index in [1.165, 1.54) is 13.0 Å². The molecule has 52 valence electrons. The fraction of sp³-hybridized carbons (Fsp3) is 0.286. The highest BCUT2D eigenvalue weighted by atomic mass is 16.5. The van der Waals surface area contributed by atoms with E-state index in [0.717, 1.165) is 0 Å². The van der Waals surface area contributed by atoms with Crippen LogP contribution >= 0.6 is 0 Å². The van der Waals surface area contributed by atoms with Crippen molar-refractivity contribution in [3.8, 4) is 0 Å². The first-order valence-corrected chi connectivity index (χ1v) is 2.51. The quantitative estimate of drug-likeness (QED) is 0.416. The summed E-state index contributed by atoms with van der Waals surface area (Å²) >= 11 is 0. The first-order valence-electron chi connectivity index (χ1n) is 2.51. The second kappa shape index (κ2) is 10.0. The molecule has 0 amide bonds. The summed E-state index contributed by atoms with van der Waals surface area (Å²) in [5.41, 5.74) is 0. The van der Waals surface area contributed by atoms with Gasteiger partial charge in [0.05, 0.1) is 0 Å². The van der Waals surface area contributed by atoms with Crippen LogP contribution in [0.5, 0.6) is 0 Å². The Kier molecular flexibility index (Phi) is 12.1. The Labute approximate surface area is 55.8 Å². The van der Waals surface area contributed by atoms with Crippen molar-refractivity contribution in [1.29, 1.82) is 0 Å². The van der Waals surface area contributed by atoms with Crippen LogP contribution in [0.3, 0.4) is 0 Å². The van der Waals surface area contributed by atoms with E-state index in [4.69, 9.17) is 0 Å². The van der Waals surface area contributed by atoms with Crippen LogP contribution < -0.4 is 0 Å². The topological polar surface area (TPSA) is 26.3 Å². The van der Waals surface area contributed by atoms with Crippen molar-refractivity contribution in [1.82, 2.24) is 0 Å². The van der Waals surface area contributed by atoms with Gasteiger partial charge in [-0.1, -0.05) is 12.7 Å². The van der Waals surface area contributed by atoms with Crippen LogP contribution in [0.25, 0.3) is 0 Å². The summed E-state index contributed by atoms with van der Waals surface area (Å²) in [4.78, 5) is 9.93. The molecular weight excluding hydrogens is 116 g/mol. The number of rotatable bonds is 2. The molecular formula is C7H12O2. The van der Waals surface area contributed by atoms with Crippen molar-refractivity contribution in [2.45, 2.75) is 6.92 Å². The van der Waals surface area contributed by atoms with E-state index in [1.807, 2.05) is 0 Å². The second-order valence-electron chi connectivity index (χ2n) is 1.09. The van der Waals surface area contributed by atoms with Gasteiger partial charge in [-0.05, 0) is 0 Å². The summed E-state index contributed by atoms with van der Waals surface area (Å²) in [6.45, 7) is 11.0. The molecule has 0 aromatic rings. The van der Waals surface area contributed by atoms with Crippen molar-refractivity contribution in [2.75, 3.05) is 6.61 Å². The smallest absolute Gasteiger partial charge is 0.302 e. The van der Waals surface area contributed by atoms with E-state index < -0.39 is 0 Å². The Morgan fingerprint density at radius 1 is 1.67 bits per heavy atom. The molecule has 0 spiro atoms.